The Morgan fingerprint density at radius 2 is 1.77 bits per heavy atom. The minimum absolute atomic E-state index is 0.305. The smallest absolute Gasteiger partial charge is 0.439 e. The van der Waals surface area contributed by atoms with Crippen LogP contribution >= 0.6 is 0 Å². The number of ether oxygens (including phenoxy) is 3. The first-order chi connectivity index (χ1) is 12.7. The van der Waals surface area contributed by atoms with Crippen molar-refractivity contribution >= 4 is 6.09 Å². The van der Waals surface area contributed by atoms with E-state index in [1.165, 1.54) is 20.4 Å². The lowest BCUT2D eigenvalue weighted by atomic mass is 10.3. The summed E-state index contributed by atoms with van der Waals surface area (Å²) in [5.41, 5.74) is 0.909. The predicted octanol–water partition coefficient (Wildman–Crippen LogP) is 2.99. The van der Waals surface area contributed by atoms with Gasteiger partial charge in [-0.3, -0.25) is 0 Å². The van der Waals surface area contributed by atoms with Crippen LogP contribution in [0, 0.1) is 0 Å². The van der Waals surface area contributed by atoms with Crippen LogP contribution in [0.25, 0.3) is 5.69 Å². The molecular weight excluding hydrogens is 334 g/mol. The van der Waals surface area contributed by atoms with Gasteiger partial charge in [-0.25, -0.2) is 9.48 Å². The van der Waals surface area contributed by atoms with Crippen LogP contribution in [0.15, 0.2) is 72.0 Å². The lowest BCUT2D eigenvalue weighted by Crippen LogP contribution is -2.13. The Labute approximate surface area is 150 Å². The molecule has 1 heterocycles. The molecule has 0 aliphatic carbocycles. The van der Waals surface area contributed by atoms with Gasteiger partial charge in [-0.05, 0) is 30.3 Å². The van der Waals surface area contributed by atoms with Crippen molar-refractivity contribution in [2.45, 2.75) is 0 Å². The second-order valence-corrected chi connectivity index (χ2v) is 5.16. The first kappa shape index (κ1) is 17.2. The Hall–Kier alpha value is -3.61. The number of hydrogen-bond acceptors (Lipinski definition) is 5. The molecule has 2 aromatic carbocycles. The highest BCUT2D eigenvalue weighted by atomic mass is 16.6. The average molecular weight is 351 g/mol. The summed E-state index contributed by atoms with van der Waals surface area (Å²) in [4.78, 5) is 15.9. The van der Waals surface area contributed by atoms with E-state index in [9.17, 15) is 4.79 Å². The minimum atomic E-state index is -0.753. The van der Waals surface area contributed by atoms with E-state index in [-0.39, 0.29) is 0 Å². The monoisotopic (exact) mass is 351 g/mol. The van der Waals surface area contributed by atoms with E-state index in [1.807, 2.05) is 30.3 Å². The normalized spacial score (nSPS) is 11.1. The van der Waals surface area contributed by atoms with Crippen LogP contribution in [0.5, 0.6) is 17.2 Å². The molecule has 0 saturated carbocycles. The molecule has 0 bridgehead atoms. The molecular formula is C19H17N3O4. The molecule has 26 heavy (non-hydrogen) atoms. The maximum absolute atomic E-state index is 12.0. The van der Waals surface area contributed by atoms with Gasteiger partial charge in [0.25, 0.3) is 0 Å². The van der Waals surface area contributed by atoms with Crippen molar-refractivity contribution in [3.05, 3.63) is 72.3 Å². The fourth-order valence-corrected chi connectivity index (χ4v) is 2.26. The number of nitrogens with zero attached hydrogens (tertiary/aromatic N) is 3. The average Bonchev–Trinajstić information content (AvgIpc) is 2.69. The number of carbonyl (C=O) groups is 1. The van der Waals surface area contributed by atoms with Crippen molar-refractivity contribution in [3.8, 4) is 22.9 Å². The Morgan fingerprint density at radius 3 is 2.42 bits per heavy atom. The van der Waals surface area contributed by atoms with Gasteiger partial charge in [0, 0.05) is 12.3 Å². The third kappa shape index (κ3) is 4.07. The fraction of sp³-hybridized carbons (Fsp3) is 0.105. The summed E-state index contributed by atoms with van der Waals surface area (Å²) >= 11 is 0. The molecule has 0 unspecified atom stereocenters. The zero-order valence-corrected chi connectivity index (χ0v) is 14.3. The SMILES string of the molecule is COc1ccc(OC(=O)N=c2ccn(-c3ccccc3)nc2)cc1OC. The Balaban J connectivity index is 1.75. The minimum Gasteiger partial charge on any atom is -0.493 e. The van der Waals surface area contributed by atoms with Crippen molar-refractivity contribution in [2.75, 3.05) is 14.2 Å². The lowest BCUT2D eigenvalue weighted by molar-refractivity contribution is 0.210. The van der Waals surface area contributed by atoms with Crippen molar-refractivity contribution in [1.82, 2.24) is 9.78 Å². The third-order valence-corrected chi connectivity index (χ3v) is 3.50. The van der Waals surface area contributed by atoms with E-state index >= 15 is 0 Å². The molecule has 3 rings (SSSR count). The Bertz CT molecular complexity index is 948. The standard InChI is InChI=1S/C19H17N3O4/c1-24-17-9-8-16(12-18(17)25-2)26-19(23)21-14-10-11-22(20-13-14)15-6-4-3-5-7-15/h3-13H,1-2H3. The third-order valence-electron chi connectivity index (χ3n) is 3.50. The zero-order chi connectivity index (χ0) is 18.4. The topological polar surface area (TPSA) is 74.9 Å². The largest absolute Gasteiger partial charge is 0.493 e. The quantitative estimate of drug-likeness (QED) is 0.722. The molecule has 0 aliphatic heterocycles. The summed E-state index contributed by atoms with van der Waals surface area (Å²) in [7, 11) is 3.04. The number of carbonyl (C=O) groups excluding carboxylic acids is 1. The highest BCUT2D eigenvalue weighted by molar-refractivity contribution is 5.71. The van der Waals surface area contributed by atoms with E-state index < -0.39 is 6.09 Å². The molecule has 0 spiro atoms. The summed E-state index contributed by atoms with van der Waals surface area (Å²) in [6, 6.07) is 16.1. The summed E-state index contributed by atoms with van der Waals surface area (Å²) in [5, 5.41) is 4.63. The second-order valence-electron chi connectivity index (χ2n) is 5.16. The van der Waals surface area contributed by atoms with Gasteiger partial charge in [0.1, 0.15) is 5.75 Å². The number of hydrogen-bond donors (Lipinski definition) is 0. The van der Waals surface area contributed by atoms with Crippen LogP contribution in [0.4, 0.5) is 4.79 Å². The molecule has 1 amide bonds. The molecule has 3 aromatic rings. The maximum Gasteiger partial charge on any atom is 0.439 e. The van der Waals surface area contributed by atoms with E-state index in [4.69, 9.17) is 14.2 Å². The van der Waals surface area contributed by atoms with Crippen LogP contribution in [0.3, 0.4) is 0 Å². The first-order valence-corrected chi connectivity index (χ1v) is 7.78. The highest BCUT2D eigenvalue weighted by Crippen LogP contribution is 2.30. The van der Waals surface area contributed by atoms with E-state index in [0.717, 1.165) is 5.69 Å². The van der Waals surface area contributed by atoms with Crippen molar-refractivity contribution in [1.29, 1.82) is 0 Å². The summed E-state index contributed by atoms with van der Waals surface area (Å²) in [6.07, 6.45) is 2.46. The number of methoxy groups -OCH3 is 2. The zero-order valence-electron chi connectivity index (χ0n) is 14.3. The second kappa shape index (κ2) is 7.98. The fourth-order valence-electron chi connectivity index (χ4n) is 2.26. The molecule has 0 N–H and O–H groups in total. The lowest BCUT2D eigenvalue weighted by Gasteiger charge is -2.08. The number of rotatable bonds is 4. The molecule has 0 radical (unpaired) electrons. The molecule has 7 heteroatoms. The van der Waals surface area contributed by atoms with Gasteiger partial charge in [0.05, 0.1) is 31.5 Å². The maximum atomic E-state index is 12.0. The van der Waals surface area contributed by atoms with Crippen LogP contribution in [0.1, 0.15) is 0 Å². The van der Waals surface area contributed by atoms with Gasteiger partial charge in [-0.2, -0.15) is 10.1 Å². The summed E-state index contributed by atoms with van der Waals surface area (Å²) < 4.78 is 17.2. The van der Waals surface area contributed by atoms with Crippen LogP contribution in [0.2, 0.25) is 0 Å². The van der Waals surface area contributed by atoms with Crippen LogP contribution in [-0.2, 0) is 0 Å². The number of amides is 1. The van der Waals surface area contributed by atoms with Crippen LogP contribution in [-0.4, -0.2) is 30.1 Å². The Morgan fingerprint density at radius 1 is 1.00 bits per heavy atom. The van der Waals surface area contributed by atoms with Gasteiger partial charge >= 0.3 is 6.09 Å². The number of aromatic nitrogens is 2. The predicted molar refractivity (Wildman–Crippen MR) is 94.7 cm³/mol. The van der Waals surface area contributed by atoms with Crippen LogP contribution < -0.4 is 19.6 Å². The van der Waals surface area contributed by atoms with Gasteiger partial charge in [-0.1, -0.05) is 18.2 Å². The van der Waals surface area contributed by atoms with E-state index in [0.29, 0.717) is 22.6 Å². The molecule has 7 nitrogen and oxygen atoms in total. The van der Waals surface area contributed by atoms with Gasteiger partial charge in [-0.15, -0.1) is 0 Å². The molecule has 0 saturated heterocycles. The molecule has 0 aliphatic rings. The molecule has 1 aromatic heterocycles. The van der Waals surface area contributed by atoms with Gasteiger partial charge < -0.3 is 14.2 Å². The number of para-hydroxylation sites is 1. The molecule has 0 atom stereocenters. The van der Waals surface area contributed by atoms with Crippen molar-refractivity contribution in [2.24, 2.45) is 4.99 Å². The van der Waals surface area contributed by atoms with Gasteiger partial charge in [0.15, 0.2) is 11.5 Å². The van der Waals surface area contributed by atoms with Gasteiger partial charge in [0.2, 0.25) is 0 Å². The highest BCUT2D eigenvalue weighted by Gasteiger charge is 2.08. The number of benzene rings is 2. The van der Waals surface area contributed by atoms with Crippen molar-refractivity contribution < 1.29 is 19.0 Å². The summed E-state index contributed by atoms with van der Waals surface area (Å²) in [6.45, 7) is 0. The Kier molecular flexibility index (Phi) is 5.28. The summed E-state index contributed by atoms with van der Waals surface area (Å²) in [5.74, 6) is 1.31. The molecule has 0 fully saturated rings. The molecule has 132 valence electrons. The van der Waals surface area contributed by atoms with E-state index in [1.54, 1.807) is 35.1 Å². The van der Waals surface area contributed by atoms with E-state index in [2.05, 4.69) is 10.1 Å². The van der Waals surface area contributed by atoms with Crippen molar-refractivity contribution in [3.63, 3.8) is 0 Å². The first-order valence-electron chi connectivity index (χ1n) is 7.78.